The van der Waals surface area contributed by atoms with E-state index in [2.05, 4.69) is 15.3 Å². The molecule has 104 valence electrons. The summed E-state index contributed by atoms with van der Waals surface area (Å²) < 4.78 is 0. The Morgan fingerprint density at radius 2 is 2.15 bits per heavy atom. The molecule has 7 heteroatoms. The molecule has 2 rings (SSSR count). The molecule has 20 heavy (non-hydrogen) atoms. The van der Waals surface area contributed by atoms with Crippen LogP contribution in [0.25, 0.3) is 0 Å². The maximum absolute atomic E-state index is 11.8. The first-order chi connectivity index (χ1) is 9.54. The van der Waals surface area contributed by atoms with Crippen molar-refractivity contribution in [1.29, 1.82) is 0 Å². The van der Waals surface area contributed by atoms with Gasteiger partial charge < -0.3 is 11.1 Å². The van der Waals surface area contributed by atoms with Gasteiger partial charge in [-0.3, -0.25) is 4.79 Å². The standard InChI is InChI=1S/C13H13ClN4OS/c1-8-6-11(15)18-13(16-8)20-7-12(19)17-10-5-3-2-4-9(10)14/h2-6H,7H2,1H3,(H,17,19)(H2,15,16,18). The largest absolute Gasteiger partial charge is 0.384 e. The summed E-state index contributed by atoms with van der Waals surface area (Å²) in [6.07, 6.45) is 0. The molecule has 1 amide bonds. The van der Waals surface area contributed by atoms with Gasteiger partial charge in [0.25, 0.3) is 0 Å². The van der Waals surface area contributed by atoms with Gasteiger partial charge in [-0.1, -0.05) is 35.5 Å². The van der Waals surface area contributed by atoms with Crippen LogP contribution < -0.4 is 11.1 Å². The van der Waals surface area contributed by atoms with Crippen molar-refractivity contribution < 1.29 is 4.79 Å². The molecule has 0 fully saturated rings. The number of benzene rings is 1. The van der Waals surface area contributed by atoms with Gasteiger partial charge in [-0.05, 0) is 19.1 Å². The fourth-order valence-corrected chi connectivity index (χ4v) is 2.40. The van der Waals surface area contributed by atoms with Crippen LogP contribution in [0.2, 0.25) is 5.02 Å². The van der Waals surface area contributed by atoms with Gasteiger partial charge in [-0.25, -0.2) is 9.97 Å². The number of nitrogens with two attached hydrogens (primary N) is 1. The molecule has 0 saturated carbocycles. The number of hydrogen-bond acceptors (Lipinski definition) is 5. The lowest BCUT2D eigenvalue weighted by Gasteiger charge is -2.06. The molecule has 1 heterocycles. The van der Waals surface area contributed by atoms with Crippen LogP contribution >= 0.6 is 23.4 Å². The zero-order valence-electron chi connectivity index (χ0n) is 10.8. The normalized spacial score (nSPS) is 10.3. The topological polar surface area (TPSA) is 80.9 Å². The third-order valence-corrected chi connectivity index (χ3v) is 3.51. The molecular formula is C13H13ClN4OS. The Kier molecular flexibility index (Phi) is 4.81. The third-order valence-electron chi connectivity index (χ3n) is 2.33. The van der Waals surface area contributed by atoms with E-state index in [0.717, 1.165) is 5.69 Å². The van der Waals surface area contributed by atoms with E-state index in [4.69, 9.17) is 17.3 Å². The van der Waals surface area contributed by atoms with Crippen molar-refractivity contribution in [1.82, 2.24) is 9.97 Å². The Hall–Kier alpha value is -1.79. The van der Waals surface area contributed by atoms with Gasteiger partial charge in [0.05, 0.1) is 16.5 Å². The molecule has 0 radical (unpaired) electrons. The minimum Gasteiger partial charge on any atom is -0.384 e. The fourth-order valence-electron chi connectivity index (χ4n) is 1.51. The van der Waals surface area contributed by atoms with Crippen molar-refractivity contribution in [3.63, 3.8) is 0 Å². The molecule has 3 N–H and O–H groups in total. The van der Waals surface area contributed by atoms with Crippen LogP contribution in [0, 0.1) is 6.92 Å². The van der Waals surface area contributed by atoms with Crippen LogP contribution in [-0.2, 0) is 4.79 Å². The van der Waals surface area contributed by atoms with Gasteiger partial charge in [-0.15, -0.1) is 0 Å². The first-order valence-corrected chi connectivity index (χ1v) is 7.19. The predicted octanol–water partition coefficient (Wildman–Crippen LogP) is 2.75. The molecule has 5 nitrogen and oxygen atoms in total. The number of hydrogen-bond donors (Lipinski definition) is 2. The SMILES string of the molecule is Cc1cc(N)nc(SCC(=O)Nc2ccccc2Cl)n1. The second-order valence-electron chi connectivity index (χ2n) is 4.03. The molecule has 0 spiro atoms. The molecule has 0 aliphatic rings. The molecule has 0 aliphatic heterocycles. The highest BCUT2D eigenvalue weighted by atomic mass is 35.5. The van der Waals surface area contributed by atoms with Crippen LogP contribution in [0.15, 0.2) is 35.5 Å². The van der Waals surface area contributed by atoms with Crippen LogP contribution in [0.1, 0.15) is 5.69 Å². The number of carbonyl (C=O) groups excluding carboxylic acids is 1. The van der Waals surface area contributed by atoms with Gasteiger partial charge in [-0.2, -0.15) is 0 Å². The number of para-hydroxylation sites is 1. The number of nitrogens with one attached hydrogen (secondary N) is 1. The highest BCUT2D eigenvalue weighted by Crippen LogP contribution is 2.21. The zero-order chi connectivity index (χ0) is 14.5. The Balaban J connectivity index is 1.94. The van der Waals surface area contributed by atoms with Crippen molar-refractivity contribution in [3.05, 3.63) is 41.0 Å². The van der Waals surface area contributed by atoms with Crippen molar-refractivity contribution in [2.24, 2.45) is 0 Å². The Morgan fingerprint density at radius 1 is 1.40 bits per heavy atom. The lowest BCUT2D eigenvalue weighted by Crippen LogP contribution is -2.14. The molecule has 0 bridgehead atoms. The van der Waals surface area contributed by atoms with Gasteiger partial charge in [0.1, 0.15) is 5.82 Å². The summed E-state index contributed by atoms with van der Waals surface area (Å²) in [5.41, 5.74) is 6.98. The average molecular weight is 309 g/mol. The monoisotopic (exact) mass is 308 g/mol. The first-order valence-electron chi connectivity index (χ1n) is 5.83. The minimum atomic E-state index is -0.174. The molecule has 0 aliphatic carbocycles. The van der Waals surface area contributed by atoms with Gasteiger partial charge in [0.2, 0.25) is 5.91 Å². The highest BCUT2D eigenvalue weighted by molar-refractivity contribution is 7.99. The van der Waals surface area contributed by atoms with E-state index in [1.807, 2.05) is 6.92 Å². The number of amides is 1. The van der Waals surface area contributed by atoms with Crippen molar-refractivity contribution in [3.8, 4) is 0 Å². The van der Waals surface area contributed by atoms with Crippen LogP contribution in [-0.4, -0.2) is 21.6 Å². The van der Waals surface area contributed by atoms with E-state index in [1.54, 1.807) is 30.3 Å². The number of aryl methyl sites for hydroxylation is 1. The summed E-state index contributed by atoms with van der Waals surface area (Å²) in [4.78, 5) is 20.1. The summed E-state index contributed by atoms with van der Waals surface area (Å²) in [5.74, 6) is 0.409. The van der Waals surface area contributed by atoms with Crippen LogP contribution in [0.5, 0.6) is 0 Å². The van der Waals surface area contributed by atoms with Crippen molar-refractivity contribution in [2.75, 3.05) is 16.8 Å². The number of aromatic nitrogens is 2. The number of anilines is 2. The molecule has 0 unspecified atom stereocenters. The Labute approximate surface area is 126 Å². The average Bonchev–Trinajstić information content (AvgIpc) is 2.38. The van der Waals surface area contributed by atoms with Gasteiger partial charge >= 0.3 is 0 Å². The lowest BCUT2D eigenvalue weighted by molar-refractivity contribution is -0.113. The van der Waals surface area contributed by atoms with E-state index in [1.165, 1.54) is 11.8 Å². The number of nitrogen functional groups attached to an aromatic ring is 1. The zero-order valence-corrected chi connectivity index (χ0v) is 12.3. The summed E-state index contributed by atoms with van der Waals surface area (Å²) in [6, 6.07) is 8.74. The molecule has 0 saturated heterocycles. The number of halogens is 1. The number of thioether (sulfide) groups is 1. The predicted molar refractivity (Wildman–Crippen MR) is 82.0 cm³/mol. The van der Waals surface area contributed by atoms with Gasteiger partial charge in [0, 0.05) is 11.8 Å². The number of rotatable bonds is 4. The maximum Gasteiger partial charge on any atom is 0.234 e. The lowest BCUT2D eigenvalue weighted by atomic mass is 10.3. The minimum absolute atomic E-state index is 0.174. The Morgan fingerprint density at radius 3 is 2.85 bits per heavy atom. The number of nitrogens with zero attached hydrogens (tertiary/aromatic N) is 2. The fraction of sp³-hybridized carbons (Fsp3) is 0.154. The smallest absolute Gasteiger partial charge is 0.234 e. The van der Waals surface area contributed by atoms with E-state index in [0.29, 0.717) is 21.7 Å². The number of carbonyl (C=O) groups is 1. The second-order valence-corrected chi connectivity index (χ2v) is 5.38. The highest BCUT2D eigenvalue weighted by Gasteiger charge is 2.08. The van der Waals surface area contributed by atoms with E-state index >= 15 is 0 Å². The van der Waals surface area contributed by atoms with Crippen molar-refractivity contribution in [2.45, 2.75) is 12.1 Å². The summed E-state index contributed by atoms with van der Waals surface area (Å²) in [5, 5.41) is 3.72. The first kappa shape index (κ1) is 14.6. The van der Waals surface area contributed by atoms with Crippen molar-refractivity contribution >= 4 is 40.8 Å². The van der Waals surface area contributed by atoms with E-state index in [9.17, 15) is 4.79 Å². The second kappa shape index (κ2) is 6.58. The summed E-state index contributed by atoms with van der Waals surface area (Å²) in [6.45, 7) is 1.83. The van der Waals surface area contributed by atoms with Crippen LogP contribution in [0.4, 0.5) is 11.5 Å². The third kappa shape index (κ3) is 4.11. The van der Waals surface area contributed by atoms with Gasteiger partial charge in [0.15, 0.2) is 5.16 Å². The molecule has 0 atom stereocenters. The maximum atomic E-state index is 11.8. The Bertz CT molecular complexity index is 615. The molecular weight excluding hydrogens is 296 g/mol. The quantitative estimate of drug-likeness (QED) is 0.670. The van der Waals surface area contributed by atoms with E-state index in [-0.39, 0.29) is 11.7 Å². The summed E-state index contributed by atoms with van der Waals surface area (Å²) in [7, 11) is 0. The molecule has 1 aromatic heterocycles. The molecule has 1 aromatic carbocycles. The molecule has 2 aromatic rings. The van der Waals surface area contributed by atoms with E-state index < -0.39 is 0 Å². The van der Waals surface area contributed by atoms with Crippen LogP contribution in [0.3, 0.4) is 0 Å². The summed E-state index contributed by atoms with van der Waals surface area (Å²) >= 11 is 7.19.